The Morgan fingerprint density at radius 3 is 2.38 bits per heavy atom. The van der Waals surface area contributed by atoms with Gasteiger partial charge >= 0.3 is 0 Å². The van der Waals surface area contributed by atoms with Crippen LogP contribution in [0.25, 0.3) is 0 Å². The lowest BCUT2D eigenvalue weighted by molar-refractivity contribution is -0.132. The SMILES string of the molecule is N#Cc1cccc(C(=O)N2CCN(CCC(=O)N3CCCCC3)CC2)c1. The third-order valence-corrected chi connectivity index (χ3v) is 5.25. The Labute approximate surface area is 155 Å². The van der Waals surface area contributed by atoms with Gasteiger partial charge in [-0.15, -0.1) is 0 Å². The fourth-order valence-corrected chi connectivity index (χ4v) is 3.63. The van der Waals surface area contributed by atoms with E-state index >= 15 is 0 Å². The van der Waals surface area contributed by atoms with Crippen LogP contribution in [0.5, 0.6) is 0 Å². The van der Waals surface area contributed by atoms with E-state index in [1.807, 2.05) is 9.80 Å². The highest BCUT2D eigenvalue weighted by molar-refractivity contribution is 5.94. The van der Waals surface area contributed by atoms with Crippen molar-refractivity contribution < 1.29 is 9.59 Å². The summed E-state index contributed by atoms with van der Waals surface area (Å²) in [7, 11) is 0. The number of likely N-dealkylation sites (tertiary alicyclic amines) is 1. The molecular weight excluding hydrogens is 328 g/mol. The molecule has 2 saturated heterocycles. The lowest BCUT2D eigenvalue weighted by atomic mass is 10.1. The first-order chi connectivity index (χ1) is 12.7. The lowest BCUT2D eigenvalue weighted by Crippen LogP contribution is -2.49. The Bertz CT molecular complexity index is 683. The maximum atomic E-state index is 12.6. The predicted molar refractivity (Wildman–Crippen MR) is 98.5 cm³/mol. The molecule has 2 aliphatic heterocycles. The largest absolute Gasteiger partial charge is 0.343 e. The Morgan fingerprint density at radius 2 is 1.69 bits per heavy atom. The van der Waals surface area contributed by atoms with Crippen molar-refractivity contribution in [1.82, 2.24) is 14.7 Å². The molecular formula is C20H26N4O2. The number of piperidine rings is 1. The lowest BCUT2D eigenvalue weighted by Gasteiger charge is -2.35. The Morgan fingerprint density at radius 1 is 0.962 bits per heavy atom. The molecule has 3 rings (SSSR count). The van der Waals surface area contributed by atoms with Crippen LogP contribution in [0, 0.1) is 11.3 Å². The fraction of sp³-hybridized carbons (Fsp3) is 0.550. The normalized spacial score (nSPS) is 18.4. The van der Waals surface area contributed by atoms with Gasteiger partial charge in [0.2, 0.25) is 5.91 Å². The van der Waals surface area contributed by atoms with Gasteiger partial charge in [-0.3, -0.25) is 14.5 Å². The quantitative estimate of drug-likeness (QED) is 0.826. The van der Waals surface area contributed by atoms with E-state index in [0.29, 0.717) is 30.6 Å². The van der Waals surface area contributed by atoms with E-state index in [0.717, 1.165) is 45.6 Å². The summed E-state index contributed by atoms with van der Waals surface area (Å²) in [5.74, 6) is 0.239. The van der Waals surface area contributed by atoms with E-state index in [-0.39, 0.29) is 11.8 Å². The molecule has 1 aromatic rings. The van der Waals surface area contributed by atoms with Crippen LogP contribution in [0.3, 0.4) is 0 Å². The van der Waals surface area contributed by atoms with Crippen molar-refractivity contribution in [3.8, 4) is 6.07 Å². The van der Waals surface area contributed by atoms with E-state index in [1.165, 1.54) is 6.42 Å². The third-order valence-electron chi connectivity index (χ3n) is 5.25. The number of benzene rings is 1. The van der Waals surface area contributed by atoms with Crippen molar-refractivity contribution in [3.63, 3.8) is 0 Å². The first-order valence-corrected chi connectivity index (χ1v) is 9.47. The molecule has 2 fully saturated rings. The van der Waals surface area contributed by atoms with E-state index in [2.05, 4.69) is 11.0 Å². The summed E-state index contributed by atoms with van der Waals surface area (Å²) in [4.78, 5) is 30.9. The van der Waals surface area contributed by atoms with Crippen molar-refractivity contribution in [1.29, 1.82) is 5.26 Å². The van der Waals surface area contributed by atoms with Crippen LogP contribution in [-0.4, -0.2) is 72.3 Å². The summed E-state index contributed by atoms with van der Waals surface area (Å²) in [6.45, 7) is 5.47. The molecule has 0 unspecified atom stereocenters. The molecule has 0 atom stereocenters. The van der Waals surface area contributed by atoms with Gasteiger partial charge in [0.05, 0.1) is 11.6 Å². The van der Waals surface area contributed by atoms with Crippen LogP contribution >= 0.6 is 0 Å². The summed E-state index contributed by atoms with van der Waals surface area (Å²) in [6.07, 6.45) is 4.05. The Balaban J connectivity index is 1.44. The molecule has 6 nitrogen and oxygen atoms in total. The second-order valence-corrected chi connectivity index (χ2v) is 7.02. The number of nitriles is 1. The summed E-state index contributed by atoms with van der Waals surface area (Å²) < 4.78 is 0. The zero-order chi connectivity index (χ0) is 18.4. The molecule has 0 aliphatic carbocycles. The highest BCUT2D eigenvalue weighted by Gasteiger charge is 2.23. The van der Waals surface area contributed by atoms with Crippen LogP contribution in [0.4, 0.5) is 0 Å². The zero-order valence-corrected chi connectivity index (χ0v) is 15.2. The molecule has 0 spiro atoms. The number of hydrogen-bond donors (Lipinski definition) is 0. The van der Waals surface area contributed by atoms with Gasteiger partial charge in [-0.25, -0.2) is 0 Å². The van der Waals surface area contributed by atoms with Crippen molar-refractivity contribution in [2.75, 3.05) is 45.8 Å². The molecule has 26 heavy (non-hydrogen) atoms. The van der Waals surface area contributed by atoms with E-state index < -0.39 is 0 Å². The van der Waals surface area contributed by atoms with Crippen molar-refractivity contribution in [2.45, 2.75) is 25.7 Å². The summed E-state index contributed by atoms with van der Waals surface area (Å²) >= 11 is 0. The van der Waals surface area contributed by atoms with E-state index in [9.17, 15) is 9.59 Å². The summed E-state index contributed by atoms with van der Waals surface area (Å²) in [5, 5.41) is 8.97. The Kier molecular flexibility index (Phi) is 6.24. The molecule has 0 radical (unpaired) electrons. The van der Waals surface area contributed by atoms with Crippen LogP contribution in [-0.2, 0) is 4.79 Å². The van der Waals surface area contributed by atoms with Crippen LogP contribution < -0.4 is 0 Å². The molecule has 2 heterocycles. The first kappa shape index (κ1) is 18.4. The number of rotatable bonds is 4. The predicted octanol–water partition coefficient (Wildman–Crippen LogP) is 1.72. The zero-order valence-electron chi connectivity index (χ0n) is 15.2. The molecule has 2 aliphatic rings. The monoisotopic (exact) mass is 354 g/mol. The van der Waals surface area contributed by atoms with Crippen LogP contribution in [0.15, 0.2) is 24.3 Å². The summed E-state index contributed by atoms with van der Waals surface area (Å²) in [6, 6.07) is 8.92. The number of carbonyl (C=O) groups is 2. The first-order valence-electron chi connectivity index (χ1n) is 9.47. The second kappa shape index (κ2) is 8.81. The minimum atomic E-state index is -0.0221. The minimum Gasteiger partial charge on any atom is -0.343 e. The second-order valence-electron chi connectivity index (χ2n) is 7.02. The molecule has 2 amide bonds. The van der Waals surface area contributed by atoms with E-state index in [4.69, 9.17) is 5.26 Å². The van der Waals surface area contributed by atoms with Gasteiger partial charge in [-0.2, -0.15) is 5.26 Å². The van der Waals surface area contributed by atoms with Crippen LogP contribution in [0.2, 0.25) is 0 Å². The van der Waals surface area contributed by atoms with Gasteiger partial charge in [0.1, 0.15) is 0 Å². The number of carbonyl (C=O) groups excluding carboxylic acids is 2. The molecule has 0 bridgehead atoms. The smallest absolute Gasteiger partial charge is 0.253 e. The van der Waals surface area contributed by atoms with Gasteiger partial charge in [-0.1, -0.05) is 6.07 Å². The minimum absolute atomic E-state index is 0.0221. The summed E-state index contributed by atoms with van der Waals surface area (Å²) in [5.41, 5.74) is 1.07. The number of amides is 2. The number of nitrogens with zero attached hydrogens (tertiary/aromatic N) is 4. The number of piperazine rings is 1. The highest BCUT2D eigenvalue weighted by atomic mass is 16.2. The molecule has 6 heteroatoms. The third kappa shape index (κ3) is 4.61. The van der Waals surface area contributed by atoms with Crippen molar-refractivity contribution in [3.05, 3.63) is 35.4 Å². The van der Waals surface area contributed by atoms with Gasteiger partial charge in [0.15, 0.2) is 0 Å². The standard InChI is InChI=1S/C20H26N4O2/c21-16-17-5-4-6-18(15-17)20(26)24-13-11-22(12-14-24)10-7-19(25)23-8-2-1-3-9-23/h4-6,15H,1-3,7-14H2. The molecule has 0 aromatic heterocycles. The molecule has 0 N–H and O–H groups in total. The highest BCUT2D eigenvalue weighted by Crippen LogP contribution is 2.13. The molecule has 138 valence electrons. The maximum absolute atomic E-state index is 12.6. The average molecular weight is 354 g/mol. The van der Waals surface area contributed by atoms with Gasteiger partial charge in [-0.05, 0) is 37.5 Å². The fourth-order valence-electron chi connectivity index (χ4n) is 3.63. The average Bonchev–Trinajstić information content (AvgIpc) is 2.72. The topological polar surface area (TPSA) is 67.6 Å². The van der Waals surface area contributed by atoms with Gasteiger partial charge in [0.25, 0.3) is 5.91 Å². The van der Waals surface area contributed by atoms with Crippen molar-refractivity contribution >= 4 is 11.8 Å². The maximum Gasteiger partial charge on any atom is 0.253 e. The van der Waals surface area contributed by atoms with Crippen LogP contribution in [0.1, 0.15) is 41.6 Å². The Hall–Kier alpha value is -2.39. The van der Waals surface area contributed by atoms with E-state index in [1.54, 1.807) is 24.3 Å². The van der Waals surface area contributed by atoms with Crippen molar-refractivity contribution in [2.24, 2.45) is 0 Å². The van der Waals surface area contributed by atoms with Gasteiger partial charge < -0.3 is 9.80 Å². The molecule has 0 saturated carbocycles. The number of hydrogen-bond acceptors (Lipinski definition) is 4. The molecule has 1 aromatic carbocycles. The van der Waals surface area contributed by atoms with Gasteiger partial charge in [0, 0.05) is 57.8 Å².